The summed E-state index contributed by atoms with van der Waals surface area (Å²) in [5, 5.41) is 4.22. The van der Waals surface area contributed by atoms with Gasteiger partial charge in [0.25, 0.3) is 0 Å². The van der Waals surface area contributed by atoms with Crippen LogP contribution in [-0.2, 0) is 9.47 Å². The van der Waals surface area contributed by atoms with Gasteiger partial charge in [-0.15, -0.1) is 0 Å². The second kappa shape index (κ2) is 11.0. The molecular formula is C22H40N4O2S3. The maximum atomic E-state index is 7.30. The molecule has 6 nitrogen and oxygen atoms in total. The number of hydrogen-bond acceptors (Lipinski definition) is 9. The Morgan fingerprint density at radius 1 is 0.742 bits per heavy atom. The fraction of sp³-hybridized carbons (Fsp3) is 1.00. The van der Waals surface area contributed by atoms with Crippen molar-refractivity contribution >= 4 is 35.3 Å². The molecule has 0 radical (unpaired) electrons. The summed E-state index contributed by atoms with van der Waals surface area (Å²) in [7, 11) is 0. The van der Waals surface area contributed by atoms with Crippen LogP contribution in [-0.4, -0.2) is 132 Å². The molecule has 0 saturated carbocycles. The first kappa shape index (κ1) is 23.5. The number of rotatable bonds is 4. The SMILES string of the molecule is C1CCC(C2CSCCS2)(N2CCOCC2)C(N2CCNCC2)(N2CCSCC2)OC1. The fourth-order valence-electron chi connectivity index (χ4n) is 6.43. The Labute approximate surface area is 201 Å². The zero-order chi connectivity index (χ0) is 21.0. The topological polar surface area (TPSA) is 40.2 Å². The molecule has 1 N–H and O–H groups in total. The smallest absolute Gasteiger partial charge is 0.200 e. The van der Waals surface area contributed by atoms with Crippen molar-refractivity contribution < 1.29 is 9.47 Å². The number of thioether (sulfide) groups is 3. The molecule has 5 fully saturated rings. The van der Waals surface area contributed by atoms with Gasteiger partial charge in [-0.1, -0.05) is 0 Å². The molecule has 178 valence electrons. The third kappa shape index (κ3) is 4.45. The molecule has 0 aromatic carbocycles. The van der Waals surface area contributed by atoms with Gasteiger partial charge in [-0.05, 0) is 19.3 Å². The largest absolute Gasteiger partial charge is 0.379 e. The highest BCUT2D eigenvalue weighted by atomic mass is 32.2. The molecule has 0 aromatic heterocycles. The van der Waals surface area contributed by atoms with Gasteiger partial charge in [0.05, 0.1) is 25.4 Å². The Balaban J connectivity index is 1.65. The van der Waals surface area contributed by atoms with Gasteiger partial charge in [-0.2, -0.15) is 35.3 Å². The molecule has 5 rings (SSSR count). The van der Waals surface area contributed by atoms with Crippen LogP contribution in [0, 0.1) is 0 Å². The van der Waals surface area contributed by atoms with Crippen LogP contribution in [0.15, 0.2) is 0 Å². The Bertz CT molecular complexity index is 479. The van der Waals surface area contributed by atoms with Crippen molar-refractivity contribution in [1.82, 2.24) is 20.0 Å². The van der Waals surface area contributed by atoms with Crippen LogP contribution in [0.1, 0.15) is 19.3 Å². The second-order valence-electron chi connectivity index (χ2n) is 9.21. The Morgan fingerprint density at radius 3 is 2.26 bits per heavy atom. The number of piperazine rings is 1. The molecule has 0 aromatic rings. The van der Waals surface area contributed by atoms with Gasteiger partial charge in [0.2, 0.25) is 0 Å². The number of ether oxygens (including phenoxy) is 2. The van der Waals surface area contributed by atoms with E-state index in [1.807, 2.05) is 0 Å². The lowest BCUT2D eigenvalue weighted by Crippen LogP contribution is -2.83. The summed E-state index contributed by atoms with van der Waals surface area (Å²) in [5.74, 6) is 5.95. The average molecular weight is 489 g/mol. The highest BCUT2D eigenvalue weighted by molar-refractivity contribution is 8.06. The Morgan fingerprint density at radius 2 is 1.52 bits per heavy atom. The van der Waals surface area contributed by atoms with E-state index in [2.05, 4.69) is 55.3 Å². The van der Waals surface area contributed by atoms with E-state index in [1.165, 1.54) is 48.0 Å². The average Bonchev–Trinajstić information content (AvgIpc) is 3.08. The van der Waals surface area contributed by atoms with Gasteiger partial charge in [-0.25, -0.2) is 0 Å². The van der Waals surface area contributed by atoms with E-state index in [4.69, 9.17) is 9.47 Å². The lowest BCUT2D eigenvalue weighted by atomic mass is 9.79. The van der Waals surface area contributed by atoms with Crippen LogP contribution >= 0.6 is 35.3 Å². The van der Waals surface area contributed by atoms with E-state index < -0.39 is 0 Å². The molecule has 3 unspecified atom stereocenters. The van der Waals surface area contributed by atoms with Gasteiger partial charge in [0, 0.05) is 86.4 Å². The number of nitrogens with one attached hydrogen (secondary N) is 1. The van der Waals surface area contributed by atoms with Crippen molar-refractivity contribution in [1.29, 1.82) is 0 Å². The van der Waals surface area contributed by atoms with E-state index in [1.54, 1.807) is 0 Å². The summed E-state index contributed by atoms with van der Waals surface area (Å²) < 4.78 is 13.2. The summed E-state index contributed by atoms with van der Waals surface area (Å²) >= 11 is 6.53. The molecule has 5 saturated heterocycles. The van der Waals surface area contributed by atoms with E-state index in [0.717, 1.165) is 72.2 Å². The lowest BCUT2D eigenvalue weighted by molar-refractivity contribution is -0.312. The normalized spacial score (nSPS) is 40.5. The van der Waals surface area contributed by atoms with Crippen LogP contribution in [0.4, 0.5) is 0 Å². The summed E-state index contributed by atoms with van der Waals surface area (Å²) in [6.07, 6.45) is 3.71. The first-order chi connectivity index (χ1) is 15.4. The summed E-state index contributed by atoms with van der Waals surface area (Å²) in [6.45, 7) is 11.3. The highest BCUT2D eigenvalue weighted by Gasteiger charge is 2.66. The first-order valence-electron chi connectivity index (χ1n) is 12.3. The van der Waals surface area contributed by atoms with Crippen LogP contribution in [0.5, 0.6) is 0 Å². The summed E-state index contributed by atoms with van der Waals surface area (Å²) in [5.41, 5.74) is 0.0186. The van der Waals surface area contributed by atoms with Crippen molar-refractivity contribution in [3.05, 3.63) is 0 Å². The number of hydrogen-bond donors (Lipinski definition) is 1. The minimum Gasteiger partial charge on any atom is -0.379 e. The van der Waals surface area contributed by atoms with Crippen LogP contribution in [0.2, 0.25) is 0 Å². The predicted molar refractivity (Wildman–Crippen MR) is 135 cm³/mol. The Kier molecular flexibility index (Phi) is 8.38. The summed E-state index contributed by atoms with van der Waals surface area (Å²) in [4.78, 5) is 8.44. The van der Waals surface area contributed by atoms with E-state index >= 15 is 0 Å². The quantitative estimate of drug-likeness (QED) is 0.637. The second-order valence-corrected chi connectivity index (χ2v) is 12.9. The zero-order valence-electron chi connectivity index (χ0n) is 18.9. The molecular weight excluding hydrogens is 448 g/mol. The predicted octanol–water partition coefficient (Wildman–Crippen LogP) is 1.71. The van der Waals surface area contributed by atoms with Gasteiger partial charge in [-0.3, -0.25) is 14.7 Å². The molecule has 0 bridgehead atoms. The van der Waals surface area contributed by atoms with Crippen molar-refractivity contribution in [2.75, 3.05) is 101 Å². The van der Waals surface area contributed by atoms with Crippen molar-refractivity contribution in [3.63, 3.8) is 0 Å². The third-order valence-corrected chi connectivity index (χ3v) is 11.6. The maximum Gasteiger partial charge on any atom is 0.200 e. The molecule has 5 aliphatic heterocycles. The van der Waals surface area contributed by atoms with Gasteiger partial charge in [0.15, 0.2) is 5.85 Å². The van der Waals surface area contributed by atoms with E-state index in [9.17, 15) is 0 Å². The van der Waals surface area contributed by atoms with Crippen molar-refractivity contribution in [2.24, 2.45) is 0 Å². The van der Waals surface area contributed by atoms with Crippen LogP contribution < -0.4 is 5.32 Å². The highest BCUT2D eigenvalue weighted by Crippen LogP contribution is 2.51. The van der Waals surface area contributed by atoms with Crippen LogP contribution in [0.25, 0.3) is 0 Å². The van der Waals surface area contributed by atoms with Gasteiger partial charge < -0.3 is 14.8 Å². The molecule has 31 heavy (non-hydrogen) atoms. The molecule has 0 spiro atoms. The number of morpholine rings is 1. The third-order valence-electron chi connectivity index (χ3n) is 7.73. The number of nitrogens with zero attached hydrogens (tertiary/aromatic N) is 3. The minimum absolute atomic E-state index is 0.0186. The molecule has 0 amide bonds. The monoisotopic (exact) mass is 488 g/mol. The molecule has 5 aliphatic rings. The minimum atomic E-state index is -0.320. The summed E-state index contributed by atoms with van der Waals surface area (Å²) in [6, 6.07) is 0. The fourth-order valence-corrected chi connectivity index (χ4v) is 10.5. The van der Waals surface area contributed by atoms with Crippen molar-refractivity contribution in [2.45, 2.75) is 35.9 Å². The van der Waals surface area contributed by atoms with E-state index in [-0.39, 0.29) is 11.4 Å². The molecule has 3 atom stereocenters. The standard InChI is InChI=1S/C22H40N4O2S3/c1-2-12-28-22(25-6-4-23-5-7-25,26-10-15-29-16-11-26)21(3-1,20-19-30-17-18-31-20)24-8-13-27-14-9-24/h20,23H,1-19H2. The van der Waals surface area contributed by atoms with E-state index in [0.29, 0.717) is 5.25 Å². The lowest BCUT2D eigenvalue weighted by Gasteiger charge is -2.66. The first-order valence-corrected chi connectivity index (χ1v) is 15.7. The molecule has 9 heteroatoms. The molecule has 5 heterocycles. The van der Waals surface area contributed by atoms with Crippen LogP contribution in [0.3, 0.4) is 0 Å². The van der Waals surface area contributed by atoms with Gasteiger partial charge >= 0.3 is 0 Å². The Hall–Kier alpha value is 0.810. The zero-order valence-corrected chi connectivity index (χ0v) is 21.3. The van der Waals surface area contributed by atoms with Crippen molar-refractivity contribution in [3.8, 4) is 0 Å². The van der Waals surface area contributed by atoms with Gasteiger partial charge in [0.1, 0.15) is 0 Å². The maximum absolute atomic E-state index is 7.30. The molecule has 0 aliphatic carbocycles.